The molecule has 2 aromatic rings. The number of benzene rings is 1. The van der Waals surface area contributed by atoms with Crippen LogP contribution in [0.2, 0.25) is 0 Å². The molecule has 34 heavy (non-hydrogen) atoms. The Hall–Kier alpha value is -2.93. The van der Waals surface area contributed by atoms with Crippen LogP contribution in [-0.4, -0.2) is 57.9 Å². The summed E-state index contributed by atoms with van der Waals surface area (Å²) >= 11 is 0. The molecule has 0 saturated carbocycles. The molecule has 13 heteroatoms. The first-order valence-electron chi connectivity index (χ1n) is 10.6. The third kappa shape index (κ3) is 5.41. The highest BCUT2D eigenvalue weighted by Crippen LogP contribution is 2.37. The summed E-state index contributed by atoms with van der Waals surface area (Å²) in [4.78, 5) is 25.3. The van der Waals surface area contributed by atoms with Crippen molar-refractivity contribution >= 4 is 11.6 Å². The van der Waals surface area contributed by atoms with E-state index in [2.05, 4.69) is 25.7 Å². The van der Waals surface area contributed by atoms with Gasteiger partial charge in [0.1, 0.15) is 12.4 Å². The van der Waals surface area contributed by atoms with Gasteiger partial charge in [0.15, 0.2) is 0 Å². The lowest BCUT2D eigenvalue weighted by atomic mass is 10.0. The standard InChI is InChI=1S/C21H22F6N6O/c22-20(23,24)14-6-15(21(25,26)27)8-16(7-14)30-31-19(34)18(13-9-28-12-29-10-13)33-5-4-32-3-1-2-17(32)11-33/h6-10,12,17-18,30H,1-5,11H2,(H,31,34)/t17-,18?/m1/s1. The molecule has 1 aromatic carbocycles. The summed E-state index contributed by atoms with van der Waals surface area (Å²) in [5, 5.41) is 0. The fraction of sp³-hybridized carbons (Fsp3) is 0.476. The van der Waals surface area contributed by atoms with Crippen molar-refractivity contribution in [2.24, 2.45) is 0 Å². The van der Waals surface area contributed by atoms with Crippen LogP contribution in [0.1, 0.15) is 35.6 Å². The Labute approximate surface area is 191 Å². The van der Waals surface area contributed by atoms with E-state index < -0.39 is 41.1 Å². The number of nitrogens with zero attached hydrogens (tertiary/aromatic N) is 4. The number of amides is 1. The van der Waals surface area contributed by atoms with Gasteiger partial charge in [-0.15, -0.1) is 0 Å². The van der Waals surface area contributed by atoms with E-state index in [1.165, 1.54) is 18.7 Å². The van der Waals surface area contributed by atoms with E-state index >= 15 is 0 Å². The van der Waals surface area contributed by atoms with Crippen molar-refractivity contribution in [2.45, 2.75) is 37.3 Å². The third-order valence-electron chi connectivity index (χ3n) is 6.05. The van der Waals surface area contributed by atoms with Crippen LogP contribution in [0.5, 0.6) is 0 Å². The molecule has 0 radical (unpaired) electrons. The van der Waals surface area contributed by atoms with Crippen LogP contribution in [0.25, 0.3) is 0 Å². The predicted octanol–water partition coefficient (Wildman–Crippen LogP) is 3.48. The van der Waals surface area contributed by atoms with Crippen LogP contribution < -0.4 is 10.9 Å². The van der Waals surface area contributed by atoms with E-state index in [1.54, 1.807) is 0 Å². The number of hydrogen-bond acceptors (Lipinski definition) is 6. The van der Waals surface area contributed by atoms with Crippen LogP contribution >= 0.6 is 0 Å². The summed E-state index contributed by atoms with van der Waals surface area (Å²) in [6.45, 7) is 2.89. The Morgan fingerprint density at radius 1 is 0.971 bits per heavy atom. The van der Waals surface area contributed by atoms with Crippen LogP contribution in [0, 0.1) is 0 Å². The number of anilines is 1. The number of nitrogens with one attached hydrogen (secondary N) is 2. The average Bonchev–Trinajstić information content (AvgIpc) is 3.25. The van der Waals surface area contributed by atoms with Gasteiger partial charge in [-0.1, -0.05) is 0 Å². The van der Waals surface area contributed by atoms with Crippen LogP contribution in [0.4, 0.5) is 32.0 Å². The number of piperazine rings is 1. The van der Waals surface area contributed by atoms with Crippen LogP contribution in [0.3, 0.4) is 0 Å². The minimum absolute atomic E-state index is 0.0260. The van der Waals surface area contributed by atoms with Crippen LogP contribution in [0.15, 0.2) is 36.9 Å². The number of alkyl halides is 6. The molecule has 3 heterocycles. The van der Waals surface area contributed by atoms with E-state index in [0.717, 1.165) is 25.9 Å². The quantitative estimate of drug-likeness (QED) is 0.496. The number of hydrazine groups is 1. The second kappa shape index (κ2) is 9.37. The Bertz CT molecular complexity index is 983. The number of hydrogen-bond donors (Lipinski definition) is 2. The Kier molecular flexibility index (Phi) is 6.67. The summed E-state index contributed by atoms with van der Waals surface area (Å²) in [5.74, 6) is -0.646. The Morgan fingerprint density at radius 2 is 1.62 bits per heavy atom. The largest absolute Gasteiger partial charge is 0.416 e. The van der Waals surface area contributed by atoms with Gasteiger partial charge >= 0.3 is 12.4 Å². The summed E-state index contributed by atoms with van der Waals surface area (Å²) in [5.41, 5.74) is 1.46. The number of fused-ring (bicyclic) bond motifs is 1. The monoisotopic (exact) mass is 488 g/mol. The molecule has 0 bridgehead atoms. The molecule has 2 saturated heterocycles. The molecule has 7 nitrogen and oxygen atoms in total. The molecule has 1 aromatic heterocycles. The van der Waals surface area contributed by atoms with E-state index in [4.69, 9.17) is 0 Å². The molecule has 0 aliphatic carbocycles. The molecular weight excluding hydrogens is 466 g/mol. The molecule has 2 aliphatic rings. The summed E-state index contributed by atoms with van der Waals surface area (Å²) in [6, 6.07) is 0.447. The van der Waals surface area contributed by atoms with Crippen molar-refractivity contribution < 1.29 is 31.1 Å². The predicted molar refractivity (Wildman–Crippen MR) is 109 cm³/mol. The van der Waals surface area contributed by atoms with Crippen molar-refractivity contribution in [2.75, 3.05) is 31.6 Å². The lowest BCUT2D eigenvalue weighted by molar-refractivity contribution is -0.143. The Balaban J connectivity index is 1.55. The normalized spacial score (nSPS) is 20.6. The minimum atomic E-state index is -4.99. The molecule has 2 fully saturated rings. The van der Waals surface area contributed by atoms with E-state index in [-0.39, 0.29) is 12.1 Å². The van der Waals surface area contributed by atoms with Crippen molar-refractivity contribution in [3.8, 4) is 0 Å². The second-order valence-corrected chi connectivity index (χ2v) is 8.31. The fourth-order valence-electron chi connectivity index (χ4n) is 4.46. The van der Waals surface area contributed by atoms with Gasteiger partial charge in [0.2, 0.25) is 0 Å². The molecule has 2 aliphatic heterocycles. The van der Waals surface area contributed by atoms with Crippen LogP contribution in [-0.2, 0) is 17.1 Å². The van der Waals surface area contributed by atoms with E-state index in [1.807, 2.05) is 4.90 Å². The maximum atomic E-state index is 13.1. The number of rotatable bonds is 5. The zero-order valence-corrected chi connectivity index (χ0v) is 17.8. The van der Waals surface area contributed by atoms with Gasteiger partial charge in [-0.05, 0) is 37.6 Å². The SMILES string of the molecule is O=C(NNc1cc(C(F)(F)F)cc(C(F)(F)F)c1)C(c1cncnc1)N1CCN2CCC[C@@H]2C1. The second-order valence-electron chi connectivity index (χ2n) is 8.31. The van der Waals surface area contributed by atoms with Crippen molar-refractivity contribution in [3.63, 3.8) is 0 Å². The van der Waals surface area contributed by atoms with Crippen molar-refractivity contribution in [1.82, 2.24) is 25.2 Å². The van der Waals surface area contributed by atoms with Gasteiger partial charge in [-0.25, -0.2) is 9.97 Å². The van der Waals surface area contributed by atoms with Gasteiger partial charge < -0.3 is 0 Å². The molecule has 1 amide bonds. The zero-order valence-electron chi connectivity index (χ0n) is 17.8. The smallest absolute Gasteiger partial charge is 0.299 e. The topological polar surface area (TPSA) is 73.4 Å². The maximum absolute atomic E-state index is 13.1. The minimum Gasteiger partial charge on any atom is -0.299 e. The highest BCUT2D eigenvalue weighted by molar-refractivity contribution is 5.84. The number of carbonyl (C=O) groups is 1. The zero-order chi connectivity index (χ0) is 24.5. The highest BCUT2D eigenvalue weighted by Gasteiger charge is 2.38. The molecule has 184 valence electrons. The Morgan fingerprint density at radius 3 is 2.24 bits per heavy atom. The fourth-order valence-corrected chi connectivity index (χ4v) is 4.46. The first-order valence-corrected chi connectivity index (χ1v) is 10.6. The molecule has 4 rings (SSSR count). The van der Waals surface area contributed by atoms with Gasteiger partial charge in [0.25, 0.3) is 5.91 Å². The maximum Gasteiger partial charge on any atom is 0.416 e. The number of halogens is 6. The summed E-state index contributed by atoms with van der Waals surface area (Å²) < 4.78 is 78.8. The number of aromatic nitrogens is 2. The summed E-state index contributed by atoms with van der Waals surface area (Å²) in [7, 11) is 0. The van der Waals surface area contributed by atoms with E-state index in [9.17, 15) is 31.1 Å². The first-order chi connectivity index (χ1) is 16.0. The molecule has 0 spiro atoms. The van der Waals surface area contributed by atoms with Gasteiger partial charge in [-0.3, -0.25) is 25.4 Å². The number of carbonyl (C=O) groups excluding carboxylic acids is 1. The van der Waals surface area contributed by atoms with Gasteiger partial charge in [0, 0.05) is 43.6 Å². The van der Waals surface area contributed by atoms with Crippen molar-refractivity contribution in [1.29, 1.82) is 0 Å². The van der Waals surface area contributed by atoms with Crippen molar-refractivity contribution in [3.05, 3.63) is 53.6 Å². The molecule has 2 atom stereocenters. The first kappa shape index (κ1) is 24.2. The molecular formula is C21H22F6N6O. The molecule has 2 N–H and O–H groups in total. The average molecular weight is 488 g/mol. The van der Waals surface area contributed by atoms with Gasteiger partial charge in [-0.2, -0.15) is 26.3 Å². The highest BCUT2D eigenvalue weighted by atomic mass is 19.4. The lowest BCUT2D eigenvalue weighted by Gasteiger charge is -2.40. The lowest BCUT2D eigenvalue weighted by Crippen LogP contribution is -2.54. The third-order valence-corrected chi connectivity index (χ3v) is 6.05. The van der Waals surface area contributed by atoms with Gasteiger partial charge in [0.05, 0.1) is 16.8 Å². The molecule has 1 unspecified atom stereocenters. The summed E-state index contributed by atoms with van der Waals surface area (Å²) in [6.07, 6.45) is -3.72. The van der Waals surface area contributed by atoms with E-state index in [0.29, 0.717) is 30.8 Å².